The lowest BCUT2D eigenvalue weighted by atomic mass is 10.0. The average molecular weight is 903 g/mol. The summed E-state index contributed by atoms with van der Waals surface area (Å²) in [5.74, 6) is -0.0614. The van der Waals surface area contributed by atoms with Crippen molar-refractivity contribution in [2.75, 3.05) is 49.9 Å². The second-order valence-corrected chi connectivity index (χ2v) is 23.2. The maximum Gasteiger partial charge on any atom is 0.411 e. The number of ether oxygens (including phenoxy) is 1. The molecule has 6 N–H and O–H groups in total. The van der Waals surface area contributed by atoms with E-state index in [0.29, 0.717) is 75.9 Å². The Morgan fingerprint density at radius 1 is 0.846 bits per heavy atom. The first kappa shape index (κ1) is 48.6. The van der Waals surface area contributed by atoms with E-state index < -0.39 is 14.4 Å². The van der Waals surface area contributed by atoms with E-state index in [-0.39, 0.29) is 40.4 Å². The summed E-state index contributed by atoms with van der Waals surface area (Å²) in [4.78, 5) is 55.3. The van der Waals surface area contributed by atoms with Crippen LogP contribution in [0.3, 0.4) is 0 Å². The van der Waals surface area contributed by atoms with Gasteiger partial charge < -0.3 is 40.1 Å². The minimum atomic E-state index is -2.21. The minimum absolute atomic E-state index is 0.0133. The second kappa shape index (κ2) is 22.9. The number of phenolic OH excluding ortho intramolecular Hbond substituents is 1. The Bertz CT molecular complexity index is 2430. The number of aromatic amines is 1. The Hall–Kier alpha value is -5.80. The largest absolute Gasteiger partial charge is 0.506 e. The molecule has 0 spiro atoms. The van der Waals surface area contributed by atoms with Crippen LogP contribution in [-0.4, -0.2) is 86.6 Å². The van der Waals surface area contributed by atoms with Gasteiger partial charge in [-0.15, -0.1) is 0 Å². The summed E-state index contributed by atoms with van der Waals surface area (Å²) in [6, 6.07) is 32.1. The number of para-hydroxylation sites is 1. The molecular weight excluding hydrogens is 837 g/mol. The number of amides is 3. The number of piperidine rings is 1. The molecule has 14 heteroatoms. The number of carbonyl (C=O) groups is 3. The fourth-order valence-corrected chi connectivity index (χ4v) is 9.05. The van der Waals surface area contributed by atoms with Crippen LogP contribution in [0.5, 0.6) is 5.75 Å². The number of benzene rings is 4. The number of pyridine rings is 1. The lowest BCUT2D eigenvalue weighted by Crippen LogP contribution is -2.43. The summed E-state index contributed by atoms with van der Waals surface area (Å²) in [5.41, 5.74) is 5.50. The van der Waals surface area contributed by atoms with E-state index in [1.807, 2.05) is 84.9 Å². The van der Waals surface area contributed by atoms with Crippen LogP contribution in [0.15, 0.2) is 108 Å². The van der Waals surface area contributed by atoms with Gasteiger partial charge >= 0.3 is 6.09 Å². The Balaban J connectivity index is 0.851. The molecule has 3 amide bonds. The third-order valence-electron chi connectivity index (χ3n) is 12.5. The number of carbonyl (C=O) groups excluding carboxylic acids is 3. The maximum absolute atomic E-state index is 12.8. The molecule has 6 rings (SSSR count). The molecule has 1 aliphatic heterocycles. The van der Waals surface area contributed by atoms with E-state index >= 15 is 0 Å². The highest BCUT2D eigenvalue weighted by atomic mass is 28.4. The van der Waals surface area contributed by atoms with Gasteiger partial charge in [0.2, 0.25) is 17.4 Å². The summed E-state index contributed by atoms with van der Waals surface area (Å²) < 4.78 is 12.7. The number of likely N-dealkylation sites (tertiary alicyclic amines) is 1. The lowest BCUT2D eigenvalue weighted by Gasteiger charge is -2.39. The summed E-state index contributed by atoms with van der Waals surface area (Å²) in [5, 5.41) is 23.7. The van der Waals surface area contributed by atoms with E-state index in [1.54, 1.807) is 12.1 Å². The van der Waals surface area contributed by atoms with E-state index in [0.717, 1.165) is 52.8 Å². The maximum atomic E-state index is 12.8. The number of unbranched alkanes of at least 4 members (excludes halogenated alkanes) is 1. The third-order valence-corrected chi connectivity index (χ3v) is 17.0. The van der Waals surface area contributed by atoms with E-state index in [9.17, 15) is 24.3 Å². The highest BCUT2D eigenvalue weighted by Crippen LogP contribution is 2.41. The molecule has 0 bridgehead atoms. The zero-order chi connectivity index (χ0) is 46.4. The summed E-state index contributed by atoms with van der Waals surface area (Å²) in [6.45, 7) is 14.9. The molecule has 13 nitrogen and oxygen atoms in total. The van der Waals surface area contributed by atoms with Crippen molar-refractivity contribution in [2.45, 2.75) is 96.1 Å². The number of H-pyrrole nitrogens is 1. The highest BCUT2D eigenvalue weighted by molar-refractivity contribution is 6.74. The van der Waals surface area contributed by atoms with Gasteiger partial charge in [0, 0.05) is 68.3 Å². The molecular formula is C51H66N6O7Si. The average Bonchev–Trinajstić information content (AvgIpc) is 3.27. The smallest absolute Gasteiger partial charge is 0.411 e. The Labute approximate surface area is 383 Å². The first-order valence-electron chi connectivity index (χ1n) is 22.9. The summed E-state index contributed by atoms with van der Waals surface area (Å²) >= 11 is 0. The van der Waals surface area contributed by atoms with Crippen LogP contribution in [0, 0.1) is 0 Å². The molecule has 0 saturated carbocycles. The summed E-state index contributed by atoms with van der Waals surface area (Å²) in [6.07, 6.45) is 3.29. The van der Waals surface area contributed by atoms with E-state index in [4.69, 9.17) is 9.16 Å². The number of rotatable bonds is 20. The van der Waals surface area contributed by atoms with Crippen molar-refractivity contribution in [1.29, 1.82) is 0 Å². The predicted molar refractivity (Wildman–Crippen MR) is 262 cm³/mol. The Kier molecular flexibility index (Phi) is 17.1. The fraction of sp³-hybridized carbons (Fsp3) is 0.412. The van der Waals surface area contributed by atoms with Crippen LogP contribution in [0.1, 0.15) is 76.5 Å². The first-order valence-corrected chi connectivity index (χ1v) is 25.8. The van der Waals surface area contributed by atoms with Gasteiger partial charge in [-0.1, -0.05) is 87.5 Å². The molecule has 1 saturated heterocycles. The van der Waals surface area contributed by atoms with Gasteiger partial charge in [0.1, 0.15) is 11.9 Å². The van der Waals surface area contributed by atoms with Crippen molar-refractivity contribution in [3.63, 3.8) is 0 Å². The normalized spacial score (nSPS) is 14.2. The van der Waals surface area contributed by atoms with Gasteiger partial charge in [-0.3, -0.25) is 19.7 Å². The number of fused-ring (bicyclic) bond motifs is 1. The van der Waals surface area contributed by atoms with Crippen LogP contribution in [0.2, 0.25) is 18.1 Å². The third kappa shape index (κ3) is 14.3. The molecule has 346 valence electrons. The zero-order valence-corrected chi connectivity index (χ0v) is 39.5. The quantitative estimate of drug-likeness (QED) is 0.0329. The number of aromatic nitrogens is 1. The van der Waals surface area contributed by atoms with Crippen molar-refractivity contribution in [3.05, 3.63) is 125 Å². The first-order chi connectivity index (χ1) is 31.1. The van der Waals surface area contributed by atoms with Crippen LogP contribution < -0.4 is 26.8 Å². The lowest BCUT2D eigenvalue weighted by molar-refractivity contribution is -0.121. The fourth-order valence-electron chi connectivity index (χ4n) is 7.77. The minimum Gasteiger partial charge on any atom is -0.506 e. The number of hydrogen-bond acceptors (Lipinski definition) is 9. The van der Waals surface area contributed by atoms with Gasteiger partial charge in [0.15, 0.2) is 8.32 Å². The molecule has 0 aliphatic carbocycles. The topological polar surface area (TPSA) is 174 Å². The number of nitrogens with one attached hydrogen (secondary N) is 5. The van der Waals surface area contributed by atoms with Gasteiger partial charge in [-0.05, 0) is 104 Å². The Morgan fingerprint density at radius 3 is 2.37 bits per heavy atom. The van der Waals surface area contributed by atoms with Crippen molar-refractivity contribution < 1.29 is 28.7 Å². The highest BCUT2D eigenvalue weighted by Gasteiger charge is 2.39. The molecule has 4 aromatic carbocycles. The van der Waals surface area contributed by atoms with Gasteiger partial charge in [0.05, 0.1) is 17.3 Å². The summed E-state index contributed by atoms with van der Waals surface area (Å²) in [7, 11) is -2.21. The van der Waals surface area contributed by atoms with E-state index in [1.165, 1.54) is 6.07 Å². The van der Waals surface area contributed by atoms with Gasteiger partial charge in [-0.2, -0.15) is 0 Å². The number of nitrogens with zero attached hydrogens (tertiary/aromatic N) is 1. The number of aromatic hydroxyl groups is 1. The van der Waals surface area contributed by atoms with Gasteiger partial charge in [0.25, 0.3) is 0 Å². The van der Waals surface area contributed by atoms with Crippen LogP contribution in [-0.2, 0) is 25.2 Å². The van der Waals surface area contributed by atoms with E-state index in [2.05, 4.69) is 65.0 Å². The predicted octanol–water partition coefficient (Wildman–Crippen LogP) is 9.12. The van der Waals surface area contributed by atoms with Crippen LogP contribution >= 0.6 is 0 Å². The number of hydrogen-bond donors (Lipinski definition) is 6. The monoisotopic (exact) mass is 902 g/mol. The van der Waals surface area contributed by atoms with Crippen molar-refractivity contribution in [1.82, 2.24) is 20.5 Å². The molecule has 1 atom stereocenters. The standard InChI is InChI=1S/C51H66N6O7Si/c1-51(2,3)65(4,5)64-45(41-21-23-44(58)49-42(41)22-24-48(61)56-49)35-52-30-25-36-14-13-17-38(34-36)54-47(60)20-11-12-29-53-46(59)28-33-57-31-26-39(27-32-57)63-50(62)55-43-19-10-9-18-40(43)37-15-7-6-8-16-37/h6-10,13-19,21-24,34,39,45,52,58H,11-12,20,25-33,35H2,1-5H3,(H,53,59)(H,54,60)(H,55,62)(H,56,61)/t45-/m0/s1. The molecule has 0 unspecified atom stereocenters. The van der Waals surface area contributed by atoms with Crippen molar-refractivity contribution in [2.24, 2.45) is 0 Å². The van der Waals surface area contributed by atoms with Crippen LogP contribution in [0.4, 0.5) is 16.2 Å². The van der Waals surface area contributed by atoms with Crippen LogP contribution in [0.25, 0.3) is 22.0 Å². The molecule has 0 radical (unpaired) electrons. The van der Waals surface area contributed by atoms with Crippen molar-refractivity contribution in [3.8, 4) is 16.9 Å². The molecule has 1 aromatic heterocycles. The van der Waals surface area contributed by atoms with Gasteiger partial charge in [-0.25, -0.2) is 4.79 Å². The Morgan fingerprint density at radius 2 is 1.60 bits per heavy atom. The number of anilines is 2. The molecule has 1 fully saturated rings. The zero-order valence-electron chi connectivity index (χ0n) is 38.5. The molecule has 2 heterocycles. The van der Waals surface area contributed by atoms with Crippen molar-refractivity contribution >= 4 is 48.5 Å². The molecule has 1 aliphatic rings. The second-order valence-electron chi connectivity index (χ2n) is 18.4. The molecule has 5 aromatic rings. The molecule has 65 heavy (non-hydrogen) atoms. The SMILES string of the molecule is CC(C)(C)[Si](C)(C)O[C@@H](CNCCc1cccc(NC(=O)CCCCNC(=O)CCN2CCC(OC(=O)Nc3ccccc3-c3ccccc3)CC2)c1)c1ccc(O)c2[nH]c(=O)ccc12. The number of phenols is 1.